The van der Waals surface area contributed by atoms with Gasteiger partial charge in [0.15, 0.2) is 6.29 Å². The molecule has 0 bridgehead atoms. The molecule has 4 aromatic carbocycles. The van der Waals surface area contributed by atoms with Crippen molar-refractivity contribution >= 4 is 54.1 Å². The largest absolute Gasteiger partial charge is 0.322 e. The van der Waals surface area contributed by atoms with Crippen LogP contribution in [0.3, 0.4) is 0 Å². The maximum Gasteiger partial charge on any atom is 0.255 e. The molecule has 0 spiro atoms. The van der Waals surface area contributed by atoms with Gasteiger partial charge in [0.1, 0.15) is 12.1 Å². The Balaban J connectivity index is 0.000000190. The first-order chi connectivity index (χ1) is 32.3. The van der Waals surface area contributed by atoms with Gasteiger partial charge >= 0.3 is 0 Å². The van der Waals surface area contributed by atoms with Crippen LogP contribution >= 0.6 is 12.4 Å². The van der Waals surface area contributed by atoms with Gasteiger partial charge in [-0.3, -0.25) is 49.1 Å². The van der Waals surface area contributed by atoms with Crippen LogP contribution in [0.1, 0.15) is 152 Å². The molecule has 0 aliphatic carbocycles. The fourth-order valence-corrected chi connectivity index (χ4v) is 10.6. The minimum absolute atomic E-state index is 0. The number of likely N-dealkylation sites (tertiary alicyclic amines) is 1. The molecule has 10 rings (SSSR count). The fraction of sp³-hybridized carbons (Fsp3) is 0.436. The summed E-state index contributed by atoms with van der Waals surface area (Å²) in [5.41, 5.74) is 13.1. The lowest BCUT2D eigenvalue weighted by atomic mass is 9.87. The Morgan fingerprint density at radius 2 is 1.01 bits per heavy atom. The molecule has 6 aliphatic heterocycles. The maximum absolute atomic E-state index is 12.9. The maximum atomic E-state index is 12.9. The van der Waals surface area contributed by atoms with Gasteiger partial charge in [0, 0.05) is 49.2 Å². The van der Waals surface area contributed by atoms with Crippen LogP contribution in [0.25, 0.3) is 0 Å². The van der Waals surface area contributed by atoms with E-state index in [0.717, 1.165) is 92.5 Å². The molecule has 69 heavy (non-hydrogen) atoms. The summed E-state index contributed by atoms with van der Waals surface area (Å²) in [6, 6.07) is 23.5. The molecule has 14 heteroatoms. The van der Waals surface area contributed by atoms with E-state index in [1.807, 2.05) is 44.2 Å². The number of nitrogens with one attached hydrogen (secondary N) is 3. The highest BCUT2D eigenvalue weighted by atomic mass is 35.5. The number of aryl methyl sites for hydroxylation is 4. The standard InChI is InChI=1S/C27H31N3O3.C18H21N3O3.C9H10O.CH4.ClH/c1-17-4-3-5-18(2)23(17)16-29-12-10-19(11-13-29)20-6-7-22-21(14-20)15-30(27(22)33)24-8-9-25(31)28-26(24)32;22-16-4-3-15(17(23)20-16)21-10-13-9-12(1-2-14(13)18(21)24)11-5-7-19-8-6-11;1-7-4-3-5-8(2)9(7)6-10;;/h3-7,14,19,24H,8-13,15-16H2,1-2H3,(H,28,31,32);1-2,9,11,15,19H,3-8,10H2,(H,20,22,23);3-6H,1-2H3;1H4;1H. The molecule has 2 atom stereocenters. The molecule has 366 valence electrons. The van der Waals surface area contributed by atoms with E-state index in [2.05, 4.69) is 77.2 Å². The number of nitrogens with zero attached hydrogens (tertiary/aromatic N) is 3. The summed E-state index contributed by atoms with van der Waals surface area (Å²) in [6.07, 6.45) is 6.72. The first kappa shape index (κ1) is 52.4. The van der Waals surface area contributed by atoms with Crippen molar-refractivity contribution in [1.82, 2.24) is 30.7 Å². The molecular weight excluding hydrogens is 892 g/mol. The van der Waals surface area contributed by atoms with Crippen LogP contribution in [0.2, 0.25) is 0 Å². The lowest BCUT2D eigenvalue weighted by molar-refractivity contribution is -0.138. The van der Waals surface area contributed by atoms with E-state index in [-0.39, 0.29) is 68.1 Å². The molecule has 6 amide bonds. The summed E-state index contributed by atoms with van der Waals surface area (Å²) in [6.45, 7) is 14.4. The van der Waals surface area contributed by atoms with E-state index in [4.69, 9.17) is 0 Å². The summed E-state index contributed by atoms with van der Waals surface area (Å²) in [7, 11) is 0. The minimum atomic E-state index is -0.556. The van der Waals surface area contributed by atoms with Gasteiger partial charge in [0.2, 0.25) is 23.6 Å². The van der Waals surface area contributed by atoms with Crippen LogP contribution in [0.4, 0.5) is 0 Å². The number of aldehydes is 1. The summed E-state index contributed by atoms with van der Waals surface area (Å²) in [5.74, 6) is -0.401. The molecule has 4 aromatic rings. The Bertz CT molecular complexity index is 2560. The number of carbonyl (C=O) groups excluding carboxylic acids is 7. The summed E-state index contributed by atoms with van der Waals surface area (Å²) in [4.78, 5) is 89.0. The molecule has 4 saturated heterocycles. The number of benzene rings is 4. The highest BCUT2D eigenvalue weighted by Crippen LogP contribution is 2.35. The predicted octanol–water partition coefficient (Wildman–Crippen LogP) is 7.53. The third kappa shape index (κ3) is 11.7. The van der Waals surface area contributed by atoms with Gasteiger partial charge < -0.3 is 15.1 Å². The second kappa shape index (κ2) is 23.1. The first-order valence-corrected chi connectivity index (χ1v) is 23.8. The number of fused-ring (bicyclic) bond motifs is 2. The van der Waals surface area contributed by atoms with Crippen LogP contribution in [-0.2, 0) is 38.8 Å². The number of amides is 6. The average Bonchev–Trinajstić information content (AvgIpc) is 3.83. The number of piperidine rings is 4. The highest BCUT2D eigenvalue weighted by Gasteiger charge is 2.41. The smallest absolute Gasteiger partial charge is 0.255 e. The molecule has 3 N–H and O–H groups in total. The zero-order chi connectivity index (χ0) is 47.4. The quantitative estimate of drug-likeness (QED) is 0.125. The van der Waals surface area contributed by atoms with Crippen molar-refractivity contribution in [2.45, 2.75) is 130 Å². The van der Waals surface area contributed by atoms with Gasteiger partial charge in [-0.2, -0.15) is 0 Å². The summed E-state index contributed by atoms with van der Waals surface area (Å²) >= 11 is 0. The van der Waals surface area contributed by atoms with E-state index < -0.39 is 12.1 Å². The normalized spacial score (nSPS) is 20.5. The van der Waals surface area contributed by atoms with Crippen molar-refractivity contribution in [3.05, 3.63) is 140 Å². The van der Waals surface area contributed by atoms with Gasteiger partial charge in [-0.1, -0.05) is 68.1 Å². The second-order valence-electron chi connectivity index (χ2n) is 19.0. The zero-order valence-corrected chi connectivity index (χ0v) is 40.3. The summed E-state index contributed by atoms with van der Waals surface area (Å²) < 4.78 is 0. The molecule has 13 nitrogen and oxygen atoms in total. The van der Waals surface area contributed by atoms with Crippen LogP contribution < -0.4 is 16.0 Å². The van der Waals surface area contributed by atoms with Crippen LogP contribution in [0.5, 0.6) is 0 Å². The number of imide groups is 2. The van der Waals surface area contributed by atoms with Crippen LogP contribution in [-0.4, -0.2) is 94.7 Å². The Labute approximate surface area is 412 Å². The third-order valence-corrected chi connectivity index (χ3v) is 14.7. The number of halogens is 1. The fourth-order valence-electron chi connectivity index (χ4n) is 10.6. The molecule has 0 radical (unpaired) electrons. The molecule has 6 heterocycles. The van der Waals surface area contributed by atoms with Gasteiger partial charge in [0.05, 0.1) is 0 Å². The van der Waals surface area contributed by atoms with Gasteiger partial charge in [-0.05, 0) is 166 Å². The average molecular weight is 960 g/mol. The Kier molecular flexibility index (Phi) is 17.5. The monoisotopic (exact) mass is 958 g/mol. The Hall–Kier alpha value is -6.02. The van der Waals surface area contributed by atoms with E-state index in [1.165, 1.54) is 27.8 Å². The topological polar surface area (TPSA) is 165 Å². The number of carbonyl (C=O) groups is 7. The molecule has 6 aliphatic rings. The molecule has 2 unspecified atom stereocenters. The number of rotatable bonds is 7. The van der Waals surface area contributed by atoms with Crippen molar-refractivity contribution < 1.29 is 33.6 Å². The SMILES string of the molecule is C.Cc1cccc(C)c1C=O.Cc1cccc(C)c1CN1CCC(c2ccc3c(c2)CN(C2CCC(=O)NC2=O)C3=O)CC1.Cl.O=C1CCC(N2Cc3cc(C4CCNCC4)ccc3C2=O)C(=O)N1. The molecule has 0 saturated carbocycles. The van der Waals surface area contributed by atoms with Gasteiger partial charge in [0.25, 0.3) is 11.8 Å². The number of hydrogen-bond acceptors (Lipinski definition) is 9. The van der Waals surface area contributed by atoms with Crippen molar-refractivity contribution in [1.29, 1.82) is 0 Å². The predicted molar refractivity (Wildman–Crippen MR) is 268 cm³/mol. The lowest BCUT2D eigenvalue weighted by Gasteiger charge is -2.33. The van der Waals surface area contributed by atoms with Gasteiger partial charge in [-0.25, -0.2) is 0 Å². The van der Waals surface area contributed by atoms with Crippen LogP contribution in [0, 0.1) is 27.7 Å². The van der Waals surface area contributed by atoms with Crippen LogP contribution in [0.15, 0.2) is 72.8 Å². The van der Waals surface area contributed by atoms with E-state index >= 15 is 0 Å². The third-order valence-electron chi connectivity index (χ3n) is 14.7. The summed E-state index contributed by atoms with van der Waals surface area (Å²) in [5, 5.41) is 8.07. The molecule has 4 fully saturated rings. The van der Waals surface area contributed by atoms with Gasteiger partial charge in [-0.15, -0.1) is 12.4 Å². The minimum Gasteiger partial charge on any atom is -0.322 e. The zero-order valence-electron chi connectivity index (χ0n) is 39.5. The van der Waals surface area contributed by atoms with Crippen molar-refractivity contribution in [3.8, 4) is 0 Å². The van der Waals surface area contributed by atoms with Crippen molar-refractivity contribution in [3.63, 3.8) is 0 Å². The van der Waals surface area contributed by atoms with E-state index in [1.54, 1.807) is 9.80 Å². The highest BCUT2D eigenvalue weighted by molar-refractivity contribution is 6.06. The number of hydrogen-bond donors (Lipinski definition) is 3. The van der Waals surface area contributed by atoms with Crippen molar-refractivity contribution in [2.24, 2.45) is 0 Å². The van der Waals surface area contributed by atoms with E-state index in [0.29, 0.717) is 48.9 Å². The van der Waals surface area contributed by atoms with Crippen molar-refractivity contribution in [2.75, 3.05) is 26.2 Å². The van der Waals surface area contributed by atoms with E-state index in [9.17, 15) is 33.6 Å². The Morgan fingerprint density at radius 3 is 1.43 bits per heavy atom. The Morgan fingerprint density at radius 1 is 0.580 bits per heavy atom. The molecular formula is C55H67ClN6O7. The first-order valence-electron chi connectivity index (χ1n) is 23.8. The second-order valence-corrected chi connectivity index (χ2v) is 19.0. The molecule has 0 aromatic heterocycles. The lowest BCUT2D eigenvalue weighted by Crippen LogP contribution is -2.52.